The maximum absolute atomic E-state index is 6.10. The summed E-state index contributed by atoms with van der Waals surface area (Å²) in [5.41, 5.74) is 6.88. The molecule has 1 unspecified atom stereocenters. The van der Waals surface area contributed by atoms with Crippen molar-refractivity contribution in [2.45, 2.75) is 26.8 Å². The summed E-state index contributed by atoms with van der Waals surface area (Å²) >= 11 is 3.46. The predicted molar refractivity (Wildman–Crippen MR) is 73.8 cm³/mol. The molecule has 18 heavy (non-hydrogen) atoms. The molecule has 0 aliphatic rings. The Morgan fingerprint density at radius 2 is 1.94 bits per heavy atom. The molecule has 2 aromatic rings. The molecule has 5 heteroatoms. The summed E-state index contributed by atoms with van der Waals surface area (Å²) in [7, 11) is 0. The summed E-state index contributed by atoms with van der Waals surface area (Å²) < 4.78 is 6.20. The molecule has 0 aliphatic carbocycles. The van der Waals surface area contributed by atoms with E-state index in [0.29, 0.717) is 11.7 Å². The molecule has 0 saturated carbocycles. The molecule has 96 valence electrons. The van der Waals surface area contributed by atoms with E-state index < -0.39 is 0 Å². The van der Waals surface area contributed by atoms with Gasteiger partial charge in [0, 0.05) is 4.47 Å². The summed E-state index contributed by atoms with van der Waals surface area (Å²) in [6.07, 6.45) is 0. The van der Waals surface area contributed by atoms with Gasteiger partial charge in [-0.3, -0.25) is 0 Å². The second-order valence-corrected chi connectivity index (χ2v) is 6.14. The molecule has 1 aromatic heterocycles. The Morgan fingerprint density at radius 3 is 2.56 bits per heavy atom. The molecule has 1 aromatic carbocycles. The second-order valence-electron chi connectivity index (χ2n) is 5.28. The number of rotatable bonds is 2. The Bertz CT molecular complexity index is 545. The third-order valence-electron chi connectivity index (χ3n) is 2.76. The van der Waals surface area contributed by atoms with Gasteiger partial charge in [-0.05, 0) is 33.5 Å². The molecule has 0 radical (unpaired) electrons. The molecule has 0 saturated heterocycles. The van der Waals surface area contributed by atoms with Gasteiger partial charge in [-0.1, -0.05) is 38.1 Å². The van der Waals surface area contributed by atoms with Crippen molar-refractivity contribution >= 4 is 15.9 Å². The van der Waals surface area contributed by atoms with Crippen LogP contribution in [0.3, 0.4) is 0 Å². The lowest BCUT2D eigenvalue weighted by atomic mass is 9.87. The molecule has 0 aliphatic heterocycles. The van der Waals surface area contributed by atoms with Crippen LogP contribution in [0.25, 0.3) is 11.5 Å². The fourth-order valence-corrected chi connectivity index (χ4v) is 1.95. The Labute approximate surface area is 115 Å². The number of nitrogens with zero attached hydrogens (tertiary/aromatic N) is 2. The number of nitrogens with two attached hydrogens (primary N) is 1. The van der Waals surface area contributed by atoms with Gasteiger partial charge in [0.05, 0.1) is 11.6 Å². The SMILES string of the molecule is CC(C)(C)C(N)c1noc(-c2ccccc2Br)n1. The minimum absolute atomic E-state index is 0.102. The highest BCUT2D eigenvalue weighted by atomic mass is 79.9. The predicted octanol–water partition coefficient (Wildman–Crippen LogP) is 3.55. The van der Waals surface area contributed by atoms with Crippen LogP contribution >= 0.6 is 15.9 Å². The molecular weight excluding hydrogens is 294 g/mol. The van der Waals surface area contributed by atoms with E-state index in [9.17, 15) is 0 Å². The summed E-state index contributed by atoms with van der Waals surface area (Å²) in [4.78, 5) is 4.37. The summed E-state index contributed by atoms with van der Waals surface area (Å²) in [6.45, 7) is 6.14. The summed E-state index contributed by atoms with van der Waals surface area (Å²) in [6, 6.07) is 7.46. The molecule has 2 rings (SSSR count). The largest absolute Gasteiger partial charge is 0.334 e. The van der Waals surface area contributed by atoms with Crippen LogP contribution in [0.1, 0.15) is 32.6 Å². The van der Waals surface area contributed by atoms with Crippen molar-refractivity contribution in [3.8, 4) is 11.5 Å². The van der Waals surface area contributed by atoms with Crippen LogP contribution in [0.4, 0.5) is 0 Å². The van der Waals surface area contributed by atoms with Gasteiger partial charge in [0.1, 0.15) is 0 Å². The fourth-order valence-electron chi connectivity index (χ4n) is 1.49. The van der Waals surface area contributed by atoms with Crippen molar-refractivity contribution in [3.63, 3.8) is 0 Å². The van der Waals surface area contributed by atoms with Gasteiger partial charge in [0.25, 0.3) is 5.89 Å². The molecule has 0 bridgehead atoms. The first-order valence-corrected chi connectivity index (χ1v) is 6.53. The van der Waals surface area contributed by atoms with Gasteiger partial charge in [-0.25, -0.2) is 0 Å². The van der Waals surface area contributed by atoms with Crippen LogP contribution in [0.15, 0.2) is 33.3 Å². The van der Waals surface area contributed by atoms with Crippen molar-refractivity contribution in [1.82, 2.24) is 10.1 Å². The van der Waals surface area contributed by atoms with Crippen LogP contribution < -0.4 is 5.73 Å². The molecule has 0 spiro atoms. The Kier molecular flexibility index (Phi) is 3.54. The minimum atomic E-state index is -0.252. The van der Waals surface area contributed by atoms with Gasteiger partial charge in [0.2, 0.25) is 0 Å². The van der Waals surface area contributed by atoms with E-state index >= 15 is 0 Å². The Morgan fingerprint density at radius 1 is 1.28 bits per heavy atom. The Hall–Kier alpha value is -1.20. The minimum Gasteiger partial charge on any atom is -0.334 e. The van der Waals surface area contributed by atoms with Crippen LogP contribution in [-0.4, -0.2) is 10.1 Å². The zero-order valence-electron chi connectivity index (χ0n) is 10.6. The van der Waals surface area contributed by atoms with E-state index in [-0.39, 0.29) is 11.5 Å². The van der Waals surface area contributed by atoms with E-state index in [1.807, 2.05) is 45.0 Å². The van der Waals surface area contributed by atoms with Crippen molar-refractivity contribution in [2.24, 2.45) is 11.1 Å². The fraction of sp³-hybridized carbons (Fsp3) is 0.385. The number of benzene rings is 1. The average molecular weight is 310 g/mol. The molecule has 0 fully saturated rings. The molecule has 1 atom stereocenters. The normalized spacial score (nSPS) is 13.6. The number of hydrogen-bond donors (Lipinski definition) is 1. The second kappa shape index (κ2) is 4.82. The standard InChI is InChI=1S/C13H16BrN3O/c1-13(2,3)10(15)11-16-12(18-17-11)8-6-4-5-7-9(8)14/h4-7,10H,15H2,1-3H3. The van der Waals surface area contributed by atoms with E-state index in [2.05, 4.69) is 26.1 Å². The third kappa shape index (κ3) is 2.62. The first-order chi connectivity index (χ1) is 8.39. The van der Waals surface area contributed by atoms with Crippen LogP contribution in [0.2, 0.25) is 0 Å². The lowest BCUT2D eigenvalue weighted by Gasteiger charge is -2.23. The van der Waals surface area contributed by atoms with Crippen molar-refractivity contribution in [1.29, 1.82) is 0 Å². The monoisotopic (exact) mass is 309 g/mol. The average Bonchev–Trinajstić information content (AvgIpc) is 2.76. The van der Waals surface area contributed by atoms with E-state index in [1.165, 1.54) is 0 Å². The maximum atomic E-state index is 6.10. The van der Waals surface area contributed by atoms with Crippen molar-refractivity contribution in [2.75, 3.05) is 0 Å². The van der Waals surface area contributed by atoms with Gasteiger partial charge in [-0.2, -0.15) is 4.98 Å². The number of halogens is 1. The van der Waals surface area contributed by atoms with E-state index in [4.69, 9.17) is 10.3 Å². The number of hydrogen-bond acceptors (Lipinski definition) is 4. The van der Waals surface area contributed by atoms with Crippen LogP contribution in [0.5, 0.6) is 0 Å². The smallest absolute Gasteiger partial charge is 0.259 e. The molecular formula is C13H16BrN3O. The molecule has 0 amide bonds. The molecule has 4 nitrogen and oxygen atoms in total. The highest BCUT2D eigenvalue weighted by Gasteiger charge is 2.27. The van der Waals surface area contributed by atoms with Gasteiger partial charge in [0.15, 0.2) is 5.82 Å². The third-order valence-corrected chi connectivity index (χ3v) is 3.45. The molecule has 1 heterocycles. The van der Waals surface area contributed by atoms with Gasteiger partial charge >= 0.3 is 0 Å². The summed E-state index contributed by atoms with van der Waals surface area (Å²) in [5.74, 6) is 1.02. The highest BCUT2D eigenvalue weighted by molar-refractivity contribution is 9.10. The Balaban J connectivity index is 2.35. The van der Waals surface area contributed by atoms with Crippen LogP contribution in [-0.2, 0) is 0 Å². The topological polar surface area (TPSA) is 64.9 Å². The van der Waals surface area contributed by atoms with E-state index in [1.54, 1.807) is 0 Å². The maximum Gasteiger partial charge on any atom is 0.259 e. The van der Waals surface area contributed by atoms with Crippen LogP contribution in [0, 0.1) is 5.41 Å². The van der Waals surface area contributed by atoms with Gasteiger partial charge < -0.3 is 10.3 Å². The molecule has 2 N–H and O–H groups in total. The zero-order valence-corrected chi connectivity index (χ0v) is 12.2. The van der Waals surface area contributed by atoms with Crippen molar-refractivity contribution in [3.05, 3.63) is 34.6 Å². The number of aromatic nitrogens is 2. The van der Waals surface area contributed by atoms with Gasteiger partial charge in [-0.15, -0.1) is 0 Å². The summed E-state index contributed by atoms with van der Waals surface area (Å²) in [5, 5.41) is 3.97. The zero-order chi connectivity index (χ0) is 13.3. The first kappa shape index (κ1) is 13.2. The first-order valence-electron chi connectivity index (χ1n) is 5.73. The highest BCUT2D eigenvalue weighted by Crippen LogP contribution is 2.31. The lowest BCUT2D eigenvalue weighted by Crippen LogP contribution is -2.27. The van der Waals surface area contributed by atoms with E-state index in [0.717, 1.165) is 10.0 Å². The lowest BCUT2D eigenvalue weighted by molar-refractivity contribution is 0.303. The quantitative estimate of drug-likeness (QED) is 0.921. The van der Waals surface area contributed by atoms with Crippen molar-refractivity contribution < 1.29 is 4.52 Å².